The lowest BCUT2D eigenvalue weighted by atomic mass is 10.1. The van der Waals surface area contributed by atoms with Crippen molar-refractivity contribution in [3.8, 4) is 5.75 Å². The van der Waals surface area contributed by atoms with Crippen LogP contribution in [0.25, 0.3) is 0 Å². The fraction of sp³-hybridized carbons (Fsp3) is 0.500. The van der Waals surface area contributed by atoms with Gasteiger partial charge in [0.15, 0.2) is 5.75 Å². The van der Waals surface area contributed by atoms with Gasteiger partial charge in [0, 0.05) is 11.6 Å². The number of ether oxygens (including phenoxy) is 2. The van der Waals surface area contributed by atoms with Gasteiger partial charge in [-0.05, 0) is 41.4 Å². The normalized spacial score (nSPS) is 22.8. The molecule has 1 aromatic carbocycles. The molecule has 19 heavy (non-hydrogen) atoms. The van der Waals surface area contributed by atoms with Crippen LogP contribution in [0.1, 0.15) is 13.3 Å². The summed E-state index contributed by atoms with van der Waals surface area (Å²) in [6.07, 6.45) is 0.816. The monoisotopic (exact) mass is 355 g/mol. The average Bonchev–Trinajstić information content (AvgIpc) is 2.69. The van der Waals surface area contributed by atoms with E-state index in [0.29, 0.717) is 21.8 Å². The van der Waals surface area contributed by atoms with Crippen molar-refractivity contribution in [2.24, 2.45) is 0 Å². The van der Waals surface area contributed by atoms with Gasteiger partial charge in [-0.25, -0.2) is 0 Å². The highest BCUT2D eigenvalue weighted by Crippen LogP contribution is 2.38. The summed E-state index contributed by atoms with van der Waals surface area (Å²) in [6, 6.07) is 3.12. The number of nitrogens with one attached hydrogen (secondary N) is 1. The largest absolute Gasteiger partial charge is 0.431 e. The van der Waals surface area contributed by atoms with Crippen LogP contribution in [0.15, 0.2) is 16.6 Å². The van der Waals surface area contributed by atoms with Crippen molar-refractivity contribution in [3.63, 3.8) is 0 Å². The van der Waals surface area contributed by atoms with Crippen molar-refractivity contribution >= 4 is 33.2 Å². The van der Waals surface area contributed by atoms with Crippen molar-refractivity contribution in [2.75, 3.05) is 11.9 Å². The minimum absolute atomic E-state index is 0.0113. The van der Waals surface area contributed by atoms with Crippen molar-refractivity contribution in [2.45, 2.75) is 32.1 Å². The van der Waals surface area contributed by atoms with Gasteiger partial charge in [-0.15, -0.1) is 0 Å². The van der Waals surface area contributed by atoms with Crippen LogP contribution in [0, 0.1) is 0 Å². The summed E-state index contributed by atoms with van der Waals surface area (Å²) in [5.41, 5.74) is 0.432. The van der Waals surface area contributed by atoms with Gasteiger partial charge >= 0.3 is 6.61 Å². The highest BCUT2D eigenvalue weighted by Gasteiger charge is 2.26. The lowest BCUT2D eigenvalue weighted by Crippen LogP contribution is -2.27. The maximum Gasteiger partial charge on any atom is 0.387 e. The Kier molecular flexibility index (Phi) is 4.86. The number of alkyl halides is 2. The molecular weight excluding hydrogens is 343 g/mol. The molecular formula is C12H13BrClF2NO2. The number of benzene rings is 1. The maximum absolute atomic E-state index is 12.4. The molecule has 1 aliphatic rings. The molecule has 2 rings (SSSR count). The molecule has 7 heteroatoms. The van der Waals surface area contributed by atoms with E-state index in [1.165, 1.54) is 6.07 Å². The van der Waals surface area contributed by atoms with Crippen LogP contribution in [0.5, 0.6) is 5.75 Å². The SMILES string of the molecule is CC1OCCC1Nc1cc(Cl)cc(Br)c1OC(F)F. The van der Waals surface area contributed by atoms with Crippen LogP contribution in [0.2, 0.25) is 5.02 Å². The summed E-state index contributed by atoms with van der Waals surface area (Å²) >= 11 is 9.11. The van der Waals surface area contributed by atoms with E-state index in [4.69, 9.17) is 16.3 Å². The van der Waals surface area contributed by atoms with Gasteiger partial charge < -0.3 is 14.8 Å². The molecule has 0 aliphatic carbocycles. The molecule has 1 aliphatic heterocycles. The van der Waals surface area contributed by atoms with Gasteiger partial charge in [0.25, 0.3) is 0 Å². The predicted octanol–water partition coefficient (Wildman–Crippen LogP) is 4.29. The van der Waals surface area contributed by atoms with Gasteiger partial charge in [0.2, 0.25) is 0 Å². The molecule has 1 aromatic rings. The Morgan fingerprint density at radius 1 is 1.53 bits per heavy atom. The number of halogens is 4. The molecule has 1 fully saturated rings. The molecule has 0 aromatic heterocycles. The smallest absolute Gasteiger partial charge is 0.387 e. The quantitative estimate of drug-likeness (QED) is 0.873. The number of hydrogen-bond donors (Lipinski definition) is 1. The first kappa shape index (κ1) is 14.8. The van der Waals surface area contributed by atoms with E-state index in [1.807, 2.05) is 6.92 Å². The number of anilines is 1. The third kappa shape index (κ3) is 3.70. The van der Waals surface area contributed by atoms with Crippen LogP contribution in [-0.2, 0) is 4.74 Å². The van der Waals surface area contributed by atoms with Gasteiger partial charge in [0.1, 0.15) is 0 Å². The molecule has 0 spiro atoms. The van der Waals surface area contributed by atoms with E-state index in [1.54, 1.807) is 6.07 Å². The Morgan fingerprint density at radius 2 is 2.26 bits per heavy atom. The Bertz CT molecular complexity index is 462. The molecule has 1 saturated heterocycles. The van der Waals surface area contributed by atoms with Crippen LogP contribution < -0.4 is 10.1 Å². The highest BCUT2D eigenvalue weighted by atomic mass is 79.9. The number of rotatable bonds is 4. The summed E-state index contributed by atoms with van der Waals surface area (Å²) in [4.78, 5) is 0. The first-order valence-electron chi connectivity index (χ1n) is 5.79. The summed E-state index contributed by atoms with van der Waals surface area (Å²) in [5.74, 6) is 0.0542. The third-order valence-corrected chi connectivity index (χ3v) is 3.74. The molecule has 0 bridgehead atoms. The second kappa shape index (κ2) is 6.24. The highest BCUT2D eigenvalue weighted by molar-refractivity contribution is 9.10. The fourth-order valence-corrected chi connectivity index (χ4v) is 2.90. The molecule has 2 unspecified atom stereocenters. The molecule has 3 nitrogen and oxygen atoms in total. The molecule has 1 heterocycles. The van der Waals surface area contributed by atoms with E-state index >= 15 is 0 Å². The molecule has 0 radical (unpaired) electrons. The summed E-state index contributed by atoms with van der Waals surface area (Å²) < 4.78 is 35.2. The van der Waals surface area contributed by atoms with E-state index in [2.05, 4.69) is 26.0 Å². The van der Waals surface area contributed by atoms with Crippen LogP contribution in [0.3, 0.4) is 0 Å². The average molecular weight is 357 g/mol. The Morgan fingerprint density at radius 3 is 2.84 bits per heavy atom. The zero-order valence-corrected chi connectivity index (χ0v) is 12.5. The minimum Gasteiger partial charge on any atom is -0.431 e. The van der Waals surface area contributed by atoms with Crippen molar-refractivity contribution in [1.82, 2.24) is 0 Å². The van der Waals surface area contributed by atoms with Crippen molar-refractivity contribution < 1.29 is 18.3 Å². The minimum atomic E-state index is -2.89. The van der Waals surface area contributed by atoms with Gasteiger partial charge in [-0.2, -0.15) is 8.78 Å². The van der Waals surface area contributed by atoms with Gasteiger partial charge in [-0.3, -0.25) is 0 Å². The summed E-state index contributed by atoms with van der Waals surface area (Å²) in [5, 5.41) is 3.58. The van der Waals surface area contributed by atoms with Crippen LogP contribution in [-0.4, -0.2) is 25.4 Å². The van der Waals surface area contributed by atoms with Crippen molar-refractivity contribution in [1.29, 1.82) is 0 Å². The first-order chi connectivity index (χ1) is 8.97. The van der Waals surface area contributed by atoms with E-state index in [0.717, 1.165) is 6.42 Å². The number of hydrogen-bond acceptors (Lipinski definition) is 3. The lowest BCUT2D eigenvalue weighted by Gasteiger charge is -2.20. The Labute approximate surface area is 123 Å². The third-order valence-electron chi connectivity index (χ3n) is 2.93. The van der Waals surface area contributed by atoms with E-state index in [-0.39, 0.29) is 17.9 Å². The molecule has 106 valence electrons. The Balaban J connectivity index is 2.26. The zero-order chi connectivity index (χ0) is 14.0. The van der Waals surface area contributed by atoms with Gasteiger partial charge in [0.05, 0.1) is 22.3 Å². The topological polar surface area (TPSA) is 30.5 Å². The van der Waals surface area contributed by atoms with E-state index in [9.17, 15) is 8.78 Å². The maximum atomic E-state index is 12.4. The summed E-state index contributed by atoms with van der Waals surface area (Å²) in [6.45, 7) is -0.320. The van der Waals surface area contributed by atoms with Crippen molar-refractivity contribution in [3.05, 3.63) is 21.6 Å². The zero-order valence-electron chi connectivity index (χ0n) is 10.1. The lowest BCUT2D eigenvalue weighted by molar-refractivity contribution is -0.0499. The molecule has 1 N–H and O–H groups in total. The van der Waals surface area contributed by atoms with E-state index < -0.39 is 6.61 Å². The predicted molar refractivity (Wildman–Crippen MR) is 73.2 cm³/mol. The first-order valence-corrected chi connectivity index (χ1v) is 6.96. The summed E-state index contributed by atoms with van der Waals surface area (Å²) in [7, 11) is 0. The molecule has 2 atom stereocenters. The second-order valence-electron chi connectivity index (χ2n) is 4.26. The molecule has 0 saturated carbocycles. The fourth-order valence-electron chi connectivity index (χ4n) is 2.00. The Hall–Kier alpha value is -0.590. The second-order valence-corrected chi connectivity index (χ2v) is 5.55. The molecule has 0 amide bonds. The van der Waals surface area contributed by atoms with Crippen LogP contribution in [0.4, 0.5) is 14.5 Å². The van der Waals surface area contributed by atoms with Crippen LogP contribution >= 0.6 is 27.5 Å². The van der Waals surface area contributed by atoms with Gasteiger partial charge in [-0.1, -0.05) is 11.6 Å². The standard InChI is InChI=1S/C12H13BrClF2NO2/c1-6-9(2-3-18-6)17-10-5-7(14)4-8(13)11(10)19-12(15)16/h4-6,9,12,17H,2-3H2,1H3.